The van der Waals surface area contributed by atoms with Crippen molar-refractivity contribution in [3.8, 4) is 0 Å². The van der Waals surface area contributed by atoms with Gasteiger partial charge in [0.15, 0.2) is 0 Å². The third-order valence-electron chi connectivity index (χ3n) is 0.715. The second-order valence-corrected chi connectivity index (χ2v) is 2.36. The van der Waals surface area contributed by atoms with Gasteiger partial charge in [-0.2, -0.15) is 0 Å². The SMILES string of the molecule is COCC(C)CBr. The lowest BCUT2D eigenvalue weighted by atomic mass is 10.2. The molecule has 0 rings (SSSR count). The van der Waals surface area contributed by atoms with Gasteiger partial charge in [-0.1, -0.05) is 22.9 Å². The first-order valence-electron chi connectivity index (χ1n) is 2.36. The molecule has 1 atom stereocenters. The highest BCUT2D eigenvalue weighted by atomic mass is 79.9. The second-order valence-electron chi connectivity index (χ2n) is 1.71. The molecule has 0 fully saturated rings. The van der Waals surface area contributed by atoms with E-state index in [-0.39, 0.29) is 0 Å². The Labute approximate surface area is 53.2 Å². The lowest BCUT2D eigenvalue weighted by Crippen LogP contribution is -2.03. The molecular weight excluding hydrogens is 156 g/mol. The molecule has 0 aromatic carbocycles. The van der Waals surface area contributed by atoms with E-state index in [2.05, 4.69) is 22.9 Å². The van der Waals surface area contributed by atoms with E-state index >= 15 is 0 Å². The number of rotatable bonds is 3. The summed E-state index contributed by atoms with van der Waals surface area (Å²) in [4.78, 5) is 0. The van der Waals surface area contributed by atoms with E-state index in [9.17, 15) is 0 Å². The van der Waals surface area contributed by atoms with Crippen LogP contribution in [0.15, 0.2) is 0 Å². The van der Waals surface area contributed by atoms with Crippen LogP contribution in [-0.2, 0) is 4.74 Å². The Morgan fingerprint density at radius 3 is 2.43 bits per heavy atom. The second kappa shape index (κ2) is 4.60. The Kier molecular flexibility index (Phi) is 4.88. The normalized spacial score (nSPS) is 14.1. The van der Waals surface area contributed by atoms with Gasteiger partial charge < -0.3 is 4.74 Å². The van der Waals surface area contributed by atoms with Gasteiger partial charge in [-0.25, -0.2) is 0 Å². The van der Waals surface area contributed by atoms with E-state index < -0.39 is 0 Å². The van der Waals surface area contributed by atoms with Gasteiger partial charge in [0, 0.05) is 19.0 Å². The molecule has 0 saturated carbocycles. The average Bonchev–Trinajstić information content (AvgIpc) is 1.68. The first-order chi connectivity index (χ1) is 3.31. The Morgan fingerprint density at radius 2 is 2.29 bits per heavy atom. The average molecular weight is 167 g/mol. The maximum Gasteiger partial charge on any atom is 0.0495 e. The molecule has 0 N–H and O–H groups in total. The Morgan fingerprint density at radius 1 is 1.71 bits per heavy atom. The van der Waals surface area contributed by atoms with Crippen LogP contribution in [0.5, 0.6) is 0 Å². The van der Waals surface area contributed by atoms with E-state index in [1.807, 2.05) is 0 Å². The summed E-state index contributed by atoms with van der Waals surface area (Å²) in [6.45, 7) is 2.99. The Hall–Kier alpha value is 0.440. The minimum Gasteiger partial charge on any atom is -0.384 e. The predicted molar refractivity (Wildman–Crippen MR) is 34.8 cm³/mol. The molecule has 0 aliphatic rings. The molecule has 1 nitrogen and oxygen atoms in total. The maximum atomic E-state index is 4.86. The van der Waals surface area contributed by atoms with Crippen molar-refractivity contribution in [2.24, 2.45) is 5.92 Å². The number of alkyl halides is 1. The number of hydrogen-bond donors (Lipinski definition) is 0. The van der Waals surface area contributed by atoms with Crippen LogP contribution in [0.3, 0.4) is 0 Å². The zero-order chi connectivity index (χ0) is 5.70. The molecule has 0 spiro atoms. The molecule has 1 unspecified atom stereocenters. The van der Waals surface area contributed by atoms with Crippen LogP contribution < -0.4 is 0 Å². The topological polar surface area (TPSA) is 9.23 Å². The van der Waals surface area contributed by atoms with Crippen LogP contribution in [0.25, 0.3) is 0 Å². The predicted octanol–water partition coefficient (Wildman–Crippen LogP) is 1.66. The number of methoxy groups -OCH3 is 1. The quantitative estimate of drug-likeness (QED) is 0.581. The molecule has 0 amide bonds. The van der Waals surface area contributed by atoms with Crippen molar-refractivity contribution in [1.29, 1.82) is 0 Å². The maximum absolute atomic E-state index is 4.86. The van der Waals surface area contributed by atoms with Crippen molar-refractivity contribution in [2.75, 3.05) is 19.0 Å². The van der Waals surface area contributed by atoms with Gasteiger partial charge in [0.2, 0.25) is 0 Å². The molecule has 0 heterocycles. The number of ether oxygens (including phenoxy) is 1. The van der Waals surface area contributed by atoms with Crippen LogP contribution in [0, 0.1) is 5.92 Å². The standard InChI is InChI=1S/C5H11BrO/c1-5(3-6)4-7-2/h5H,3-4H2,1-2H3. The van der Waals surface area contributed by atoms with Crippen molar-refractivity contribution >= 4 is 15.9 Å². The highest BCUT2D eigenvalue weighted by Crippen LogP contribution is 1.98. The van der Waals surface area contributed by atoms with Crippen LogP contribution in [0.4, 0.5) is 0 Å². The van der Waals surface area contributed by atoms with Gasteiger partial charge in [-0.3, -0.25) is 0 Å². The summed E-state index contributed by atoms with van der Waals surface area (Å²) in [5, 5.41) is 1.03. The minimum atomic E-state index is 0.644. The lowest BCUT2D eigenvalue weighted by molar-refractivity contribution is 0.169. The number of hydrogen-bond acceptors (Lipinski definition) is 1. The number of halogens is 1. The molecule has 0 aromatic heterocycles. The summed E-state index contributed by atoms with van der Waals surface area (Å²) in [5.74, 6) is 0.644. The Bertz CT molecular complexity index is 39.1. The van der Waals surface area contributed by atoms with Gasteiger partial charge in [0.25, 0.3) is 0 Å². The fourth-order valence-electron chi connectivity index (χ4n) is 0.329. The van der Waals surface area contributed by atoms with E-state index in [0.717, 1.165) is 11.9 Å². The Balaban J connectivity index is 2.83. The van der Waals surface area contributed by atoms with E-state index in [1.54, 1.807) is 7.11 Å². The van der Waals surface area contributed by atoms with Crippen molar-refractivity contribution in [2.45, 2.75) is 6.92 Å². The molecule has 0 radical (unpaired) electrons. The molecule has 0 saturated heterocycles. The fraction of sp³-hybridized carbons (Fsp3) is 1.00. The largest absolute Gasteiger partial charge is 0.384 e. The van der Waals surface area contributed by atoms with E-state index in [4.69, 9.17) is 4.74 Å². The van der Waals surface area contributed by atoms with E-state index in [0.29, 0.717) is 5.92 Å². The summed E-state index contributed by atoms with van der Waals surface area (Å²) in [6.07, 6.45) is 0. The summed E-state index contributed by atoms with van der Waals surface area (Å²) in [7, 11) is 1.72. The molecule has 7 heavy (non-hydrogen) atoms. The summed E-state index contributed by atoms with van der Waals surface area (Å²) >= 11 is 3.34. The van der Waals surface area contributed by atoms with Crippen LogP contribution in [0.2, 0.25) is 0 Å². The highest BCUT2D eigenvalue weighted by Gasteiger charge is 1.94. The monoisotopic (exact) mass is 166 g/mol. The van der Waals surface area contributed by atoms with E-state index in [1.165, 1.54) is 0 Å². The smallest absolute Gasteiger partial charge is 0.0495 e. The first kappa shape index (κ1) is 7.44. The summed E-state index contributed by atoms with van der Waals surface area (Å²) in [5.41, 5.74) is 0. The fourth-order valence-corrected chi connectivity index (χ4v) is 0.516. The van der Waals surface area contributed by atoms with Crippen molar-refractivity contribution in [3.63, 3.8) is 0 Å². The first-order valence-corrected chi connectivity index (χ1v) is 3.48. The summed E-state index contributed by atoms with van der Waals surface area (Å²) < 4.78 is 4.86. The van der Waals surface area contributed by atoms with Crippen molar-refractivity contribution in [3.05, 3.63) is 0 Å². The molecule has 0 bridgehead atoms. The van der Waals surface area contributed by atoms with Gasteiger partial charge in [0.05, 0.1) is 0 Å². The van der Waals surface area contributed by atoms with Gasteiger partial charge in [-0.15, -0.1) is 0 Å². The zero-order valence-corrected chi connectivity index (χ0v) is 6.36. The molecule has 2 heteroatoms. The highest BCUT2D eigenvalue weighted by molar-refractivity contribution is 9.09. The van der Waals surface area contributed by atoms with Gasteiger partial charge in [0.1, 0.15) is 0 Å². The molecule has 44 valence electrons. The third-order valence-corrected chi connectivity index (χ3v) is 1.82. The zero-order valence-electron chi connectivity index (χ0n) is 4.78. The van der Waals surface area contributed by atoms with Crippen molar-refractivity contribution in [1.82, 2.24) is 0 Å². The lowest BCUT2D eigenvalue weighted by Gasteiger charge is -2.02. The third kappa shape index (κ3) is 4.29. The van der Waals surface area contributed by atoms with Gasteiger partial charge in [-0.05, 0) is 5.92 Å². The summed E-state index contributed by atoms with van der Waals surface area (Å²) in [6, 6.07) is 0. The molecule has 0 aliphatic heterocycles. The van der Waals surface area contributed by atoms with Crippen molar-refractivity contribution < 1.29 is 4.74 Å². The van der Waals surface area contributed by atoms with Gasteiger partial charge >= 0.3 is 0 Å². The molecule has 0 aromatic rings. The minimum absolute atomic E-state index is 0.644. The van der Waals surface area contributed by atoms with Crippen LogP contribution in [-0.4, -0.2) is 19.0 Å². The molecule has 0 aliphatic carbocycles. The van der Waals surface area contributed by atoms with Crippen LogP contribution >= 0.6 is 15.9 Å². The molecular formula is C5H11BrO. The van der Waals surface area contributed by atoms with Crippen LogP contribution in [0.1, 0.15) is 6.92 Å².